The van der Waals surface area contributed by atoms with Crippen LogP contribution in [0.3, 0.4) is 0 Å². The minimum absolute atomic E-state index is 0. The van der Waals surface area contributed by atoms with Crippen molar-refractivity contribution in [3.05, 3.63) is 38.9 Å². The fraction of sp³-hybridized carbons (Fsp3) is 0.500. The number of nitrogens with zero attached hydrogens (tertiary/aromatic N) is 4. The zero-order chi connectivity index (χ0) is 18.5. The van der Waals surface area contributed by atoms with Gasteiger partial charge in [0.2, 0.25) is 0 Å². The molecule has 1 saturated heterocycles. The van der Waals surface area contributed by atoms with Gasteiger partial charge in [-0.2, -0.15) is 0 Å². The van der Waals surface area contributed by atoms with Gasteiger partial charge in [-0.1, -0.05) is 11.6 Å². The zero-order valence-electron chi connectivity index (χ0n) is 15.8. The van der Waals surface area contributed by atoms with Crippen LogP contribution in [0.25, 0.3) is 0 Å². The molecule has 9 heteroatoms. The quantitative estimate of drug-likeness (QED) is 0.357. The maximum Gasteiger partial charge on any atom is 0.191 e. The van der Waals surface area contributed by atoms with Crippen LogP contribution >= 0.6 is 46.9 Å². The van der Waals surface area contributed by atoms with Gasteiger partial charge in [0.05, 0.1) is 22.3 Å². The van der Waals surface area contributed by atoms with Crippen LogP contribution in [0.1, 0.15) is 28.9 Å². The summed E-state index contributed by atoms with van der Waals surface area (Å²) in [6.07, 6.45) is 2.81. The molecule has 3 heterocycles. The number of aliphatic imine (C=N–C) groups is 1. The smallest absolute Gasteiger partial charge is 0.191 e. The van der Waals surface area contributed by atoms with E-state index in [1.54, 1.807) is 17.5 Å². The number of hydrogen-bond acceptors (Lipinski definition) is 5. The van der Waals surface area contributed by atoms with Gasteiger partial charge in [0.15, 0.2) is 5.96 Å². The van der Waals surface area contributed by atoms with Crippen molar-refractivity contribution in [1.29, 1.82) is 0 Å². The Morgan fingerprint density at radius 3 is 2.93 bits per heavy atom. The van der Waals surface area contributed by atoms with E-state index in [0.717, 1.165) is 48.5 Å². The number of pyridine rings is 1. The monoisotopic (exact) mass is 520 g/mol. The Kier molecular flexibility index (Phi) is 8.56. The molecule has 0 radical (unpaired) electrons. The molecular weight excluding hydrogens is 495 g/mol. The number of anilines is 1. The summed E-state index contributed by atoms with van der Waals surface area (Å²) in [5.74, 6) is 1.70. The number of aryl methyl sites for hydroxylation is 2. The molecule has 1 atom stereocenters. The first kappa shape index (κ1) is 22.2. The molecule has 3 rings (SSSR count). The summed E-state index contributed by atoms with van der Waals surface area (Å²) in [7, 11) is 0. The number of rotatable bonds is 5. The molecule has 0 saturated carbocycles. The first-order valence-corrected chi connectivity index (χ1v) is 10.1. The highest BCUT2D eigenvalue weighted by Crippen LogP contribution is 2.25. The fourth-order valence-electron chi connectivity index (χ4n) is 3.06. The molecule has 1 unspecified atom stereocenters. The van der Waals surface area contributed by atoms with E-state index >= 15 is 0 Å². The average Bonchev–Trinajstić information content (AvgIpc) is 3.19. The minimum Gasteiger partial charge on any atom is -0.357 e. The van der Waals surface area contributed by atoms with Crippen LogP contribution in [-0.4, -0.2) is 41.6 Å². The number of hydrogen-bond donors (Lipinski definition) is 2. The Morgan fingerprint density at radius 2 is 2.26 bits per heavy atom. The van der Waals surface area contributed by atoms with E-state index in [1.165, 1.54) is 4.88 Å². The molecule has 0 spiro atoms. The summed E-state index contributed by atoms with van der Waals surface area (Å²) in [6, 6.07) is 4.06. The topological polar surface area (TPSA) is 65.4 Å². The Balaban J connectivity index is 0.00000261. The molecule has 6 nitrogen and oxygen atoms in total. The normalized spacial score (nSPS) is 17.0. The molecule has 1 aliphatic heterocycles. The molecule has 148 valence electrons. The van der Waals surface area contributed by atoms with Crippen LogP contribution in [0.4, 0.5) is 5.82 Å². The zero-order valence-corrected chi connectivity index (χ0v) is 19.7. The first-order chi connectivity index (χ1) is 12.6. The number of aromatic nitrogens is 2. The van der Waals surface area contributed by atoms with Crippen LogP contribution in [0.5, 0.6) is 0 Å². The van der Waals surface area contributed by atoms with Crippen molar-refractivity contribution in [1.82, 2.24) is 20.6 Å². The molecule has 0 bridgehead atoms. The van der Waals surface area contributed by atoms with E-state index in [9.17, 15) is 0 Å². The molecule has 1 fully saturated rings. The number of nitrogens with one attached hydrogen (secondary N) is 2. The van der Waals surface area contributed by atoms with E-state index in [4.69, 9.17) is 16.6 Å². The molecule has 2 N–H and O–H groups in total. The van der Waals surface area contributed by atoms with Gasteiger partial charge in [-0.25, -0.2) is 15.0 Å². The van der Waals surface area contributed by atoms with E-state index < -0.39 is 0 Å². The third-order valence-electron chi connectivity index (χ3n) is 4.29. The first-order valence-electron chi connectivity index (χ1n) is 8.90. The highest BCUT2D eigenvalue weighted by Gasteiger charge is 2.25. The molecule has 0 aromatic carbocycles. The SMILES string of the molecule is CCNC(=NCc1sc(C)nc1C)NC1CCN(c2ncccc2Cl)C1.I. The van der Waals surface area contributed by atoms with Gasteiger partial charge in [0, 0.05) is 36.8 Å². The lowest BCUT2D eigenvalue weighted by Crippen LogP contribution is -2.44. The second kappa shape index (κ2) is 10.4. The van der Waals surface area contributed by atoms with Gasteiger partial charge < -0.3 is 15.5 Å². The van der Waals surface area contributed by atoms with Gasteiger partial charge in [0.25, 0.3) is 0 Å². The van der Waals surface area contributed by atoms with E-state index in [-0.39, 0.29) is 24.0 Å². The average molecular weight is 521 g/mol. The minimum atomic E-state index is 0. The van der Waals surface area contributed by atoms with Gasteiger partial charge >= 0.3 is 0 Å². The van der Waals surface area contributed by atoms with E-state index in [2.05, 4.69) is 32.4 Å². The van der Waals surface area contributed by atoms with Crippen LogP contribution in [0.2, 0.25) is 5.02 Å². The van der Waals surface area contributed by atoms with Crippen LogP contribution in [0, 0.1) is 13.8 Å². The number of halogens is 2. The maximum atomic E-state index is 6.28. The van der Waals surface area contributed by atoms with Crippen LogP contribution in [0.15, 0.2) is 23.3 Å². The maximum absolute atomic E-state index is 6.28. The molecule has 2 aromatic heterocycles. The van der Waals surface area contributed by atoms with E-state index in [0.29, 0.717) is 17.6 Å². The Morgan fingerprint density at radius 1 is 1.44 bits per heavy atom. The summed E-state index contributed by atoms with van der Waals surface area (Å²) in [5, 5.41) is 8.66. The number of thiazole rings is 1. The number of guanidine groups is 1. The van der Waals surface area contributed by atoms with Gasteiger partial charge in [-0.05, 0) is 39.3 Å². The largest absolute Gasteiger partial charge is 0.357 e. The Hall–Kier alpha value is -1.13. The van der Waals surface area contributed by atoms with Crippen molar-refractivity contribution < 1.29 is 0 Å². The van der Waals surface area contributed by atoms with Crippen molar-refractivity contribution in [2.45, 2.75) is 39.8 Å². The van der Waals surface area contributed by atoms with Crippen molar-refractivity contribution in [3.63, 3.8) is 0 Å². The van der Waals surface area contributed by atoms with Crippen LogP contribution < -0.4 is 15.5 Å². The fourth-order valence-corrected chi connectivity index (χ4v) is 4.17. The van der Waals surface area contributed by atoms with Crippen molar-refractivity contribution in [2.24, 2.45) is 4.99 Å². The van der Waals surface area contributed by atoms with Gasteiger partial charge in [-0.3, -0.25) is 0 Å². The van der Waals surface area contributed by atoms with Gasteiger partial charge in [0.1, 0.15) is 5.82 Å². The summed E-state index contributed by atoms with van der Waals surface area (Å²) < 4.78 is 0. The lowest BCUT2D eigenvalue weighted by atomic mass is 10.3. The van der Waals surface area contributed by atoms with E-state index in [1.807, 2.05) is 26.0 Å². The summed E-state index contributed by atoms with van der Waals surface area (Å²) >= 11 is 7.99. The summed E-state index contributed by atoms with van der Waals surface area (Å²) in [6.45, 7) is 9.42. The van der Waals surface area contributed by atoms with Crippen molar-refractivity contribution in [2.75, 3.05) is 24.5 Å². The molecule has 0 amide bonds. The van der Waals surface area contributed by atoms with Gasteiger partial charge in [-0.15, -0.1) is 35.3 Å². The van der Waals surface area contributed by atoms with Crippen molar-refractivity contribution >= 4 is 58.7 Å². The molecular formula is C18H26ClIN6S. The highest BCUT2D eigenvalue weighted by molar-refractivity contribution is 14.0. The third kappa shape index (κ3) is 5.92. The predicted octanol–water partition coefficient (Wildman–Crippen LogP) is 3.76. The summed E-state index contributed by atoms with van der Waals surface area (Å²) in [4.78, 5) is 17.1. The highest BCUT2D eigenvalue weighted by atomic mass is 127. The third-order valence-corrected chi connectivity index (χ3v) is 5.64. The second-order valence-electron chi connectivity index (χ2n) is 6.32. The lowest BCUT2D eigenvalue weighted by Gasteiger charge is -2.20. The van der Waals surface area contributed by atoms with Crippen molar-refractivity contribution in [3.8, 4) is 0 Å². The summed E-state index contributed by atoms with van der Waals surface area (Å²) in [5.41, 5.74) is 1.07. The Labute approximate surface area is 186 Å². The molecule has 0 aliphatic carbocycles. The standard InChI is InChI=1S/C18H25ClN6S.HI/c1-4-20-18(22-10-16-12(2)23-13(3)26-16)24-14-7-9-25(11-14)17-15(19)6-5-8-21-17;/h5-6,8,14H,4,7,9-11H2,1-3H3,(H2,20,22,24);1H. The Bertz CT molecular complexity index is 781. The molecule has 27 heavy (non-hydrogen) atoms. The molecule has 1 aliphatic rings. The predicted molar refractivity (Wildman–Crippen MR) is 125 cm³/mol. The lowest BCUT2D eigenvalue weighted by molar-refractivity contribution is 0.649. The molecule has 2 aromatic rings. The second-order valence-corrected chi connectivity index (χ2v) is 8.02. The van der Waals surface area contributed by atoms with Crippen LogP contribution in [-0.2, 0) is 6.54 Å².